The second-order valence-electron chi connectivity index (χ2n) is 5.10. The van der Waals surface area contributed by atoms with Crippen LogP contribution in [0.1, 0.15) is 45.4 Å². The molecular weight excluding hydrogens is 191 g/mol. The minimum Gasteiger partial charge on any atom is -0.239 e. The quantitative estimate of drug-likeness (QED) is 0.606. The first-order valence-corrected chi connectivity index (χ1v) is 8.90. The summed E-state index contributed by atoms with van der Waals surface area (Å²) >= 11 is 0. The predicted octanol–water partition coefficient (Wildman–Crippen LogP) is 4.19. The molecule has 0 aromatic heterocycles. The van der Waals surface area contributed by atoms with E-state index in [1.54, 1.807) is 0 Å². The second kappa shape index (κ2) is 6.08. The van der Waals surface area contributed by atoms with Crippen molar-refractivity contribution < 1.29 is 4.52 Å². The Kier molecular flexibility index (Phi) is 5.41. The maximum absolute atomic E-state index is 6.13. The van der Waals surface area contributed by atoms with Crippen molar-refractivity contribution in [2.24, 2.45) is 5.92 Å². The van der Waals surface area contributed by atoms with Crippen molar-refractivity contribution in [1.29, 1.82) is 0 Å². The minimum absolute atomic E-state index is 0.885. The Balaban J connectivity index is 2.14. The molecule has 0 saturated heterocycles. The van der Waals surface area contributed by atoms with Gasteiger partial charge in [-0.3, -0.25) is 0 Å². The Morgan fingerprint density at radius 2 is 1.86 bits per heavy atom. The summed E-state index contributed by atoms with van der Waals surface area (Å²) in [7, 11) is -1.01. The van der Waals surface area contributed by atoms with Crippen LogP contribution in [0.4, 0.5) is 0 Å². The van der Waals surface area contributed by atoms with Crippen molar-refractivity contribution in [2.75, 3.05) is 26.1 Å². The van der Waals surface area contributed by atoms with E-state index in [1.807, 2.05) is 0 Å². The fourth-order valence-corrected chi connectivity index (χ4v) is 3.91. The van der Waals surface area contributed by atoms with Gasteiger partial charge in [0, 0.05) is 0 Å². The topological polar surface area (TPSA) is 9.23 Å². The highest BCUT2D eigenvalue weighted by Crippen LogP contribution is 2.53. The molecule has 0 amide bonds. The van der Waals surface area contributed by atoms with E-state index in [0.29, 0.717) is 0 Å². The first-order chi connectivity index (χ1) is 6.64. The van der Waals surface area contributed by atoms with Crippen LogP contribution in [0.15, 0.2) is 0 Å². The normalized spacial score (nSPS) is 19.1. The van der Waals surface area contributed by atoms with E-state index in [-0.39, 0.29) is 0 Å². The van der Waals surface area contributed by atoms with E-state index in [9.17, 15) is 0 Å². The van der Waals surface area contributed by atoms with Crippen LogP contribution in [0.3, 0.4) is 0 Å². The Bertz CT molecular complexity index is 150. The van der Waals surface area contributed by atoms with Gasteiger partial charge in [0.1, 0.15) is 7.49 Å². The highest BCUT2D eigenvalue weighted by atomic mass is 31.2. The lowest BCUT2D eigenvalue weighted by atomic mass is 10.1. The van der Waals surface area contributed by atoms with Crippen LogP contribution in [-0.2, 0) is 4.52 Å². The smallest absolute Gasteiger partial charge is 0.139 e. The fourth-order valence-electron chi connectivity index (χ4n) is 2.09. The summed E-state index contributed by atoms with van der Waals surface area (Å²) in [6.45, 7) is 8.00. The molecule has 1 saturated carbocycles. The standard InChI is InChI=1S/C12H26OP/c1-4-5-10-14(2,3)13-11-12-8-6-7-9-12/h12H,4-11H2,1-3H3/q+1. The van der Waals surface area contributed by atoms with Gasteiger partial charge in [-0.15, -0.1) is 0 Å². The molecule has 1 rings (SSSR count). The molecule has 0 bridgehead atoms. The third kappa shape index (κ3) is 4.75. The highest BCUT2D eigenvalue weighted by molar-refractivity contribution is 7.69. The molecular formula is C12H26OP+. The summed E-state index contributed by atoms with van der Waals surface area (Å²) in [5.41, 5.74) is 0. The Morgan fingerprint density at radius 1 is 1.21 bits per heavy atom. The van der Waals surface area contributed by atoms with Gasteiger partial charge in [-0.05, 0) is 25.2 Å². The van der Waals surface area contributed by atoms with E-state index in [4.69, 9.17) is 4.52 Å². The van der Waals surface area contributed by atoms with Gasteiger partial charge < -0.3 is 0 Å². The fraction of sp³-hybridized carbons (Fsp3) is 1.00. The summed E-state index contributed by atoms with van der Waals surface area (Å²) in [5, 5.41) is 0. The van der Waals surface area contributed by atoms with Crippen molar-refractivity contribution >= 4 is 7.49 Å². The van der Waals surface area contributed by atoms with Gasteiger partial charge in [-0.25, -0.2) is 4.52 Å². The zero-order chi connectivity index (χ0) is 10.4. The first kappa shape index (κ1) is 12.5. The van der Waals surface area contributed by atoms with E-state index < -0.39 is 7.49 Å². The molecule has 0 unspecified atom stereocenters. The van der Waals surface area contributed by atoms with Crippen LogP contribution < -0.4 is 0 Å². The number of hydrogen-bond acceptors (Lipinski definition) is 1. The van der Waals surface area contributed by atoms with E-state index in [1.165, 1.54) is 44.7 Å². The molecule has 0 heterocycles. The van der Waals surface area contributed by atoms with E-state index >= 15 is 0 Å². The van der Waals surface area contributed by atoms with Gasteiger partial charge in [0.15, 0.2) is 0 Å². The molecule has 0 spiro atoms. The number of hydrogen-bond donors (Lipinski definition) is 0. The first-order valence-electron chi connectivity index (χ1n) is 6.11. The molecule has 14 heavy (non-hydrogen) atoms. The van der Waals surface area contributed by atoms with Gasteiger partial charge in [-0.2, -0.15) is 0 Å². The largest absolute Gasteiger partial charge is 0.239 e. The zero-order valence-corrected chi connectivity index (χ0v) is 11.0. The van der Waals surface area contributed by atoms with Crippen LogP contribution in [-0.4, -0.2) is 26.1 Å². The molecule has 1 fully saturated rings. The lowest BCUT2D eigenvalue weighted by Crippen LogP contribution is -2.08. The molecule has 84 valence electrons. The molecule has 1 aliphatic carbocycles. The summed E-state index contributed by atoms with van der Waals surface area (Å²) in [6.07, 6.45) is 9.64. The summed E-state index contributed by atoms with van der Waals surface area (Å²) in [5.74, 6) is 0.885. The van der Waals surface area contributed by atoms with Gasteiger partial charge in [-0.1, -0.05) is 26.2 Å². The Hall–Kier alpha value is 0.390. The van der Waals surface area contributed by atoms with E-state index in [0.717, 1.165) is 12.5 Å². The van der Waals surface area contributed by atoms with Crippen molar-refractivity contribution in [2.45, 2.75) is 45.4 Å². The molecule has 0 atom stereocenters. The predicted molar refractivity (Wildman–Crippen MR) is 66.5 cm³/mol. The Morgan fingerprint density at radius 3 is 2.43 bits per heavy atom. The lowest BCUT2D eigenvalue weighted by Gasteiger charge is -2.19. The third-order valence-electron chi connectivity index (χ3n) is 3.18. The SMILES string of the molecule is CCCC[P+](C)(C)OCC1CCCC1. The maximum atomic E-state index is 6.13. The average molecular weight is 217 g/mol. The average Bonchev–Trinajstić information content (AvgIpc) is 2.64. The minimum atomic E-state index is -1.01. The molecule has 1 aliphatic rings. The number of unbranched alkanes of at least 4 members (excludes halogenated alkanes) is 1. The van der Waals surface area contributed by atoms with Crippen LogP contribution in [0.2, 0.25) is 0 Å². The van der Waals surface area contributed by atoms with Gasteiger partial charge in [0.25, 0.3) is 0 Å². The third-order valence-corrected chi connectivity index (χ3v) is 5.43. The van der Waals surface area contributed by atoms with Gasteiger partial charge in [0.2, 0.25) is 0 Å². The van der Waals surface area contributed by atoms with Crippen LogP contribution in [0, 0.1) is 5.92 Å². The zero-order valence-electron chi connectivity index (χ0n) is 10.1. The van der Waals surface area contributed by atoms with Crippen molar-refractivity contribution in [3.63, 3.8) is 0 Å². The summed E-state index contributed by atoms with van der Waals surface area (Å²) in [6, 6.07) is 0. The van der Waals surface area contributed by atoms with Gasteiger partial charge in [0.05, 0.1) is 26.1 Å². The highest BCUT2D eigenvalue weighted by Gasteiger charge is 2.28. The van der Waals surface area contributed by atoms with E-state index in [2.05, 4.69) is 20.3 Å². The molecule has 1 nitrogen and oxygen atoms in total. The van der Waals surface area contributed by atoms with Crippen molar-refractivity contribution in [1.82, 2.24) is 0 Å². The molecule has 0 N–H and O–H groups in total. The molecule has 2 heteroatoms. The monoisotopic (exact) mass is 217 g/mol. The Labute approximate surface area is 90.0 Å². The van der Waals surface area contributed by atoms with Crippen molar-refractivity contribution in [3.8, 4) is 0 Å². The molecule has 0 radical (unpaired) electrons. The van der Waals surface area contributed by atoms with Crippen molar-refractivity contribution in [3.05, 3.63) is 0 Å². The maximum Gasteiger partial charge on any atom is 0.139 e. The molecule has 0 aromatic carbocycles. The molecule has 0 aromatic rings. The van der Waals surface area contributed by atoms with Gasteiger partial charge >= 0.3 is 0 Å². The second-order valence-corrected chi connectivity index (χ2v) is 8.95. The van der Waals surface area contributed by atoms with Crippen LogP contribution in [0.5, 0.6) is 0 Å². The lowest BCUT2D eigenvalue weighted by molar-refractivity contribution is 0.270. The summed E-state index contributed by atoms with van der Waals surface area (Å²) < 4.78 is 6.13. The van der Waals surface area contributed by atoms with Crippen LogP contribution in [0.25, 0.3) is 0 Å². The number of rotatable bonds is 6. The molecule has 0 aliphatic heterocycles. The van der Waals surface area contributed by atoms with Crippen LogP contribution >= 0.6 is 7.49 Å². The summed E-state index contributed by atoms with van der Waals surface area (Å²) in [4.78, 5) is 0.